The molecule has 1 N–H and O–H groups in total. The molecule has 5 nitrogen and oxygen atoms in total. The van der Waals surface area contributed by atoms with E-state index in [-0.39, 0.29) is 18.3 Å². The Morgan fingerprint density at radius 2 is 2.00 bits per heavy atom. The summed E-state index contributed by atoms with van der Waals surface area (Å²) in [6.07, 6.45) is 2.88. The van der Waals surface area contributed by atoms with E-state index in [1.807, 2.05) is 24.3 Å². The van der Waals surface area contributed by atoms with E-state index < -0.39 is 0 Å². The van der Waals surface area contributed by atoms with Crippen molar-refractivity contribution in [3.05, 3.63) is 66.2 Å². The number of rotatable bonds is 4. The van der Waals surface area contributed by atoms with Crippen molar-refractivity contribution >= 4 is 23.2 Å². The number of nitrogens with one attached hydrogen (secondary N) is 1. The van der Waals surface area contributed by atoms with Crippen LogP contribution in [-0.4, -0.2) is 21.7 Å². The van der Waals surface area contributed by atoms with Crippen molar-refractivity contribution in [1.82, 2.24) is 15.0 Å². The molecule has 110 valence electrons. The maximum Gasteiger partial charge on any atom is 0.260 e. The van der Waals surface area contributed by atoms with Crippen molar-refractivity contribution in [1.29, 1.82) is 0 Å². The first-order chi connectivity index (χ1) is 10.7. The highest BCUT2D eigenvalue weighted by Gasteiger charge is 2.06. The number of hydrazone groups is 1. The number of hydrogen-bond acceptors (Lipinski definition) is 3. The van der Waals surface area contributed by atoms with Crippen LogP contribution in [0.15, 0.2) is 60.0 Å². The van der Waals surface area contributed by atoms with Crippen LogP contribution in [0, 0.1) is 5.82 Å². The number of benzene rings is 2. The Balaban J connectivity index is 1.65. The molecule has 0 bridgehead atoms. The minimum Gasteiger partial charge on any atom is -0.321 e. The second kappa shape index (κ2) is 6.17. The van der Waals surface area contributed by atoms with Gasteiger partial charge in [-0.05, 0) is 18.2 Å². The fourth-order valence-electron chi connectivity index (χ4n) is 2.08. The molecule has 1 aromatic heterocycles. The fourth-order valence-corrected chi connectivity index (χ4v) is 2.08. The quantitative estimate of drug-likeness (QED) is 0.593. The summed E-state index contributed by atoms with van der Waals surface area (Å²) in [6.45, 7) is 0.0924. The molecule has 1 amide bonds. The van der Waals surface area contributed by atoms with Gasteiger partial charge in [0.15, 0.2) is 0 Å². The van der Waals surface area contributed by atoms with Gasteiger partial charge in [0.25, 0.3) is 5.91 Å². The molecule has 22 heavy (non-hydrogen) atoms. The smallest absolute Gasteiger partial charge is 0.260 e. The van der Waals surface area contributed by atoms with Gasteiger partial charge >= 0.3 is 0 Å². The van der Waals surface area contributed by atoms with E-state index in [2.05, 4.69) is 15.5 Å². The lowest BCUT2D eigenvalue weighted by molar-refractivity contribution is -0.121. The zero-order chi connectivity index (χ0) is 15.4. The molecule has 0 saturated heterocycles. The van der Waals surface area contributed by atoms with E-state index in [1.165, 1.54) is 12.3 Å². The van der Waals surface area contributed by atoms with Gasteiger partial charge in [-0.15, -0.1) is 0 Å². The standard InChI is InChI=1S/C16H13FN4O/c17-13-6-2-1-5-12(13)9-19-20-16(22)10-21-11-18-14-7-3-4-8-15(14)21/h1-9,11H,10H2,(H,20,22). The van der Waals surface area contributed by atoms with Crippen LogP contribution < -0.4 is 5.43 Å². The Labute approximate surface area is 126 Å². The summed E-state index contributed by atoms with van der Waals surface area (Å²) >= 11 is 0. The fraction of sp³-hybridized carbons (Fsp3) is 0.0625. The summed E-state index contributed by atoms with van der Waals surface area (Å²) in [6, 6.07) is 13.7. The van der Waals surface area contributed by atoms with Gasteiger partial charge < -0.3 is 4.57 Å². The van der Waals surface area contributed by atoms with E-state index in [0.29, 0.717) is 5.56 Å². The molecule has 2 aromatic carbocycles. The molecule has 0 spiro atoms. The molecule has 0 aliphatic rings. The molecule has 3 rings (SSSR count). The maximum atomic E-state index is 13.4. The lowest BCUT2D eigenvalue weighted by Crippen LogP contribution is -2.22. The van der Waals surface area contributed by atoms with Crippen molar-refractivity contribution in [2.75, 3.05) is 0 Å². The van der Waals surface area contributed by atoms with Crippen LogP contribution in [0.2, 0.25) is 0 Å². The second-order valence-corrected chi connectivity index (χ2v) is 4.68. The van der Waals surface area contributed by atoms with Gasteiger partial charge in [-0.25, -0.2) is 14.8 Å². The summed E-state index contributed by atoms with van der Waals surface area (Å²) in [4.78, 5) is 16.1. The topological polar surface area (TPSA) is 59.3 Å². The molecule has 0 atom stereocenters. The molecule has 0 unspecified atom stereocenters. The Bertz CT molecular complexity index is 841. The number of carbonyl (C=O) groups is 1. The van der Waals surface area contributed by atoms with Crippen LogP contribution in [0.25, 0.3) is 11.0 Å². The molecule has 3 aromatic rings. The predicted octanol–water partition coefficient (Wildman–Crippen LogP) is 2.33. The van der Waals surface area contributed by atoms with Crippen LogP contribution in [0.3, 0.4) is 0 Å². The number of halogens is 1. The average molecular weight is 296 g/mol. The number of hydrogen-bond donors (Lipinski definition) is 1. The van der Waals surface area contributed by atoms with E-state index in [4.69, 9.17) is 0 Å². The number of para-hydroxylation sites is 2. The van der Waals surface area contributed by atoms with Crippen molar-refractivity contribution < 1.29 is 9.18 Å². The normalized spacial score (nSPS) is 11.1. The first-order valence-corrected chi connectivity index (χ1v) is 6.70. The third kappa shape index (κ3) is 3.01. The number of nitrogens with zero attached hydrogens (tertiary/aromatic N) is 3. The van der Waals surface area contributed by atoms with E-state index in [9.17, 15) is 9.18 Å². The van der Waals surface area contributed by atoms with E-state index in [0.717, 1.165) is 11.0 Å². The Kier molecular flexibility index (Phi) is 3.91. The third-order valence-electron chi connectivity index (χ3n) is 3.14. The third-order valence-corrected chi connectivity index (χ3v) is 3.14. The number of carbonyl (C=O) groups excluding carboxylic acids is 1. The Morgan fingerprint density at radius 3 is 2.86 bits per heavy atom. The lowest BCUT2D eigenvalue weighted by atomic mass is 10.2. The molecular formula is C16H13FN4O. The van der Waals surface area contributed by atoms with Gasteiger partial charge in [-0.3, -0.25) is 4.79 Å². The lowest BCUT2D eigenvalue weighted by Gasteiger charge is -2.02. The number of fused-ring (bicyclic) bond motifs is 1. The second-order valence-electron chi connectivity index (χ2n) is 4.68. The van der Waals surface area contributed by atoms with Gasteiger partial charge in [-0.2, -0.15) is 5.10 Å². The highest BCUT2D eigenvalue weighted by atomic mass is 19.1. The minimum atomic E-state index is -0.388. The van der Waals surface area contributed by atoms with E-state index in [1.54, 1.807) is 29.1 Å². The zero-order valence-corrected chi connectivity index (χ0v) is 11.6. The van der Waals surface area contributed by atoms with Crippen LogP contribution in [0.5, 0.6) is 0 Å². The molecule has 0 saturated carbocycles. The van der Waals surface area contributed by atoms with Crippen LogP contribution >= 0.6 is 0 Å². The molecule has 1 heterocycles. The van der Waals surface area contributed by atoms with Crippen LogP contribution in [0.1, 0.15) is 5.56 Å². The molecule has 0 aliphatic carbocycles. The number of imidazole rings is 1. The number of aromatic nitrogens is 2. The summed E-state index contributed by atoms with van der Waals surface area (Å²) in [5, 5.41) is 3.76. The highest BCUT2D eigenvalue weighted by Crippen LogP contribution is 2.11. The molecular weight excluding hydrogens is 283 g/mol. The van der Waals surface area contributed by atoms with Crippen molar-refractivity contribution in [2.24, 2.45) is 5.10 Å². The summed E-state index contributed by atoms with van der Waals surface area (Å²) < 4.78 is 15.1. The SMILES string of the molecule is O=C(Cn1cnc2ccccc21)NN=Cc1ccccc1F. The Hall–Kier alpha value is -3.02. The minimum absolute atomic E-state index is 0.0924. The highest BCUT2D eigenvalue weighted by molar-refractivity contribution is 5.83. The van der Waals surface area contributed by atoms with Gasteiger partial charge in [0.1, 0.15) is 12.4 Å². The van der Waals surface area contributed by atoms with Crippen molar-refractivity contribution in [3.8, 4) is 0 Å². The van der Waals surface area contributed by atoms with Crippen LogP contribution in [-0.2, 0) is 11.3 Å². The summed E-state index contributed by atoms with van der Waals surface area (Å²) in [5.74, 6) is -0.697. The van der Waals surface area contributed by atoms with Gasteiger partial charge in [0.2, 0.25) is 0 Å². The average Bonchev–Trinajstić information content (AvgIpc) is 2.92. The zero-order valence-electron chi connectivity index (χ0n) is 11.6. The van der Waals surface area contributed by atoms with Gasteiger partial charge in [-0.1, -0.05) is 30.3 Å². The van der Waals surface area contributed by atoms with Gasteiger partial charge in [0.05, 0.1) is 23.6 Å². The van der Waals surface area contributed by atoms with Crippen LogP contribution in [0.4, 0.5) is 4.39 Å². The van der Waals surface area contributed by atoms with Gasteiger partial charge in [0, 0.05) is 5.56 Å². The molecule has 0 fully saturated rings. The monoisotopic (exact) mass is 296 g/mol. The first kappa shape index (κ1) is 13.9. The maximum absolute atomic E-state index is 13.4. The summed E-state index contributed by atoms with van der Waals surface area (Å²) in [7, 11) is 0. The molecule has 6 heteroatoms. The first-order valence-electron chi connectivity index (χ1n) is 6.70. The largest absolute Gasteiger partial charge is 0.321 e. The molecule has 0 radical (unpaired) electrons. The predicted molar refractivity (Wildman–Crippen MR) is 81.9 cm³/mol. The van der Waals surface area contributed by atoms with Crippen molar-refractivity contribution in [2.45, 2.75) is 6.54 Å². The summed E-state index contributed by atoms with van der Waals surface area (Å²) in [5.41, 5.74) is 4.39. The number of amides is 1. The van der Waals surface area contributed by atoms with Crippen molar-refractivity contribution in [3.63, 3.8) is 0 Å². The Morgan fingerprint density at radius 1 is 1.23 bits per heavy atom. The van der Waals surface area contributed by atoms with E-state index >= 15 is 0 Å². The molecule has 0 aliphatic heterocycles.